The summed E-state index contributed by atoms with van der Waals surface area (Å²) in [5, 5.41) is 0. The lowest BCUT2D eigenvalue weighted by Gasteiger charge is -2.07. The summed E-state index contributed by atoms with van der Waals surface area (Å²) < 4.78 is 0. The second kappa shape index (κ2) is 4.88. The molecule has 2 atom stereocenters. The lowest BCUT2D eigenvalue weighted by atomic mass is 10.00. The average Bonchev–Trinajstić information content (AvgIpc) is 1.99. The molecular formula is C7H10NO2. The van der Waals surface area contributed by atoms with Gasteiger partial charge < -0.3 is 10.5 Å². The minimum atomic E-state index is -0.740. The van der Waals surface area contributed by atoms with Gasteiger partial charge in [-0.2, -0.15) is 0 Å². The highest BCUT2D eigenvalue weighted by Crippen LogP contribution is 2.01. The zero-order chi connectivity index (χ0) is 7.98. The number of carbonyl (C=O) groups is 1. The largest absolute Gasteiger partial charge is 0.321 e. The predicted octanol–water partition coefficient (Wildman–Crippen LogP) is -0.185. The van der Waals surface area contributed by atoms with Gasteiger partial charge in [0, 0.05) is 0 Å². The van der Waals surface area contributed by atoms with Gasteiger partial charge in [0.25, 0.3) is 0 Å². The van der Waals surface area contributed by atoms with Gasteiger partial charge in [0.15, 0.2) is 0 Å². The van der Waals surface area contributed by atoms with E-state index in [1.807, 2.05) is 0 Å². The van der Waals surface area contributed by atoms with Crippen molar-refractivity contribution in [3.63, 3.8) is 0 Å². The van der Waals surface area contributed by atoms with Crippen LogP contribution < -0.4 is 5.73 Å². The average molecular weight is 140 g/mol. The van der Waals surface area contributed by atoms with Crippen molar-refractivity contribution in [3.05, 3.63) is 12.7 Å². The van der Waals surface area contributed by atoms with Crippen molar-refractivity contribution in [2.75, 3.05) is 0 Å². The smallest absolute Gasteiger partial charge is 0.204 e. The molecule has 0 amide bonds. The Kier molecular flexibility index (Phi) is 4.41. The molecule has 2 unspecified atom stereocenters. The van der Waals surface area contributed by atoms with Crippen molar-refractivity contribution in [2.45, 2.75) is 12.5 Å². The molecule has 0 aliphatic heterocycles. The van der Waals surface area contributed by atoms with Gasteiger partial charge in [-0.15, -0.1) is 6.58 Å². The van der Waals surface area contributed by atoms with E-state index in [9.17, 15) is 9.59 Å². The zero-order valence-corrected chi connectivity index (χ0v) is 5.62. The fraction of sp³-hybridized carbons (Fsp3) is 0.429. The standard InChI is InChI=1S/C7H10NO2/c1-2-3-6(4-9)7(8)5-10/h2,5-7H,1,3,8H2. The Balaban J connectivity index is 3.90. The second-order valence-corrected chi connectivity index (χ2v) is 1.96. The Morgan fingerprint density at radius 1 is 1.70 bits per heavy atom. The van der Waals surface area contributed by atoms with Crippen LogP contribution >= 0.6 is 0 Å². The van der Waals surface area contributed by atoms with Gasteiger partial charge in [-0.05, 0) is 6.42 Å². The molecule has 0 aliphatic carbocycles. The number of carbonyl (C=O) groups excluding carboxylic acids is 2. The molecule has 0 spiro atoms. The van der Waals surface area contributed by atoms with Gasteiger partial charge in [-0.3, -0.25) is 4.79 Å². The number of nitrogens with two attached hydrogens (primary N) is 1. The SMILES string of the molecule is C=CCC([C]=O)C(N)C=O. The van der Waals surface area contributed by atoms with E-state index in [0.717, 1.165) is 0 Å². The topological polar surface area (TPSA) is 60.2 Å². The molecule has 0 heterocycles. The third-order valence-electron chi connectivity index (χ3n) is 1.19. The molecule has 55 valence electrons. The molecule has 0 fully saturated rings. The van der Waals surface area contributed by atoms with E-state index in [0.29, 0.717) is 12.7 Å². The summed E-state index contributed by atoms with van der Waals surface area (Å²) in [6.45, 7) is 3.41. The lowest BCUT2D eigenvalue weighted by Crippen LogP contribution is -2.32. The number of rotatable bonds is 5. The van der Waals surface area contributed by atoms with Crippen LogP contribution in [0.5, 0.6) is 0 Å². The van der Waals surface area contributed by atoms with Gasteiger partial charge in [0.05, 0.1) is 12.0 Å². The molecule has 0 rings (SSSR count). The van der Waals surface area contributed by atoms with E-state index in [1.54, 1.807) is 12.4 Å². The number of hydrogen-bond donors (Lipinski definition) is 1. The maximum Gasteiger partial charge on any atom is 0.204 e. The third-order valence-corrected chi connectivity index (χ3v) is 1.19. The van der Waals surface area contributed by atoms with E-state index < -0.39 is 12.0 Å². The Hall–Kier alpha value is -0.960. The molecule has 1 radical (unpaired) electrons. The van der Waals surface area contributed by atoms with E-state index in [2.05, 4.69) is 6.58 Å². The highest BCUT2D eigenvalue weighted by Gasteiger charge is 2.14. The van der Waals surface area contributed by atoms with Crippen LogP contribution in [0.4, 0.5) is 0 Å². The van der Waals surface area contributed by atoms with Crippen molar-refractivity contribution < 1.29 is 9.59 Å². The Labute approximate surface area is 59.9 Å². The van der Waals surface area contributed by atoms with Crippen LogP contribution in [-0.4, -0.2) is 18.6 Å². The number of hydrogen-bond acceptors (Lipinski definition) is 3. The highest BCUT2D eigenvalue weighted by molar-refractivity contribution is 5.68. The quantitative estimate of drug-likeness (QED) is 0.425. The van der Waals surface area contributed by atoms with E-state index in [1.165, 1.54) is 0 Å². The van der Waals surface area contributed by atoms with Crippen LogP contribution in [0.3, 0.4) is 0 Å². The zero-order valence-electron chi connectivity index (χ0n) is 5.62. The van der Waals surface area contributed by atoms with Crippen LogP contribution in [0.15, 0.2) is 12.7 Å². The molecule has 0 bridgehead atoms. The summed E-state index contributed by atoms with van der Waals surface area (Å²) in [6, 6.07) is -0.740. The summed E-state index contributed by atoms with van der Waals surface area (Å²) in [5.41, 5.74) is 5.24. The third kappa shape index (κ3) is 2.55. The van der Waals surface area contributed by atoms with Crippen LogP contribution in [0.1, 0.15) is 6.42 Å². The second-order valence-electron chi connectivity index (χ2n) is 1.96. The molecule has 0 saturated heterocycles. The molecule has 2 N–H and O–H groups in total. The summed E-state index contributed by atoms with van der Waals surface area (Å²) in [6.07, 6.45) is 4.16. The Morgan fingerprint density at radius 3 is 2.60 bits per heavy atom. The van der Waals surface area contributed by atoms with E-state index in [4.69, 9.17) is 5.73 Å². The summed E-state index contributed by atoms with van der Waals surface area (Å²) in [5.74, 6) is -0.532. The van der Waals surface area contributed by atoms with Crippen molar-refractivity contribution in [2.24, 2.45) is 11.7 Å². The first kappa shape index (κ1) is 9.04. The first-order valence-electron chi connectivity index (χ1n) is 2.95. The van der Waals surface area contributed by atoms with Crippen molar-refractivity contribution >= 4 is 12.6 Å². The molecule has 3 nitrogen and oxygen atoms in total. The minimum Gasteiger partial charge on any atom is -0.321 e. The molecule has 0 aromatic carbocycles. The molecule has 3 heteroatoms. The van der Waals surface area contributed by atoms with Crippen molar-refractivity contribution in [1.82, 2.24) is 0 Å². The van der Waals surface area contributed by atoms with Crippen molar-refractivity contribution in [3.8, 4) is 0 Å². The molecule has 0 aliphatic rings. The Bertz CT molecular complexity index is 134. The van der Waals surface area contributed by atoms with Crippen LogP contribution in [0, 0.1) is 5.92 Å². The fourth-order valence-electron chi connectivity index (χ4n) is 0.558. The molecule has 10 heavy (non-hydrogen) atoms. The van der Waals surface area contributed by atoms with Gasteiger partial charge >= 0.3 is 0 Å². The van der Waals surface area contributed by atoms with Gasteiger partial charge in [0.2, 0.25) is 6.29 Å². The summed E-state index contributed by atoms with van der Waals surface area (Å²) in [4.78, 5) is 20.1. The predicted molar refractivity (Wildman–Crippen MR) is 38.0 cm³/mol. The van der Waals surface area contributed by atoms with Gasteiger partial charge in [0.1, 0.15) is 6.29 Å². The lowest BCUT2D eigenvalue weighted by molar-refractivity contribution is -0.109. The Morgan fingerprint density at radius 2 is 2.30 bits per heavy atom. The van der Waals surface area contributed by atoms with Crippen LogP contribution in [0.25, 0.3) is 0 Å². The first-order chi connectivity index (χ1) is 4.76. The molecule has 0 aromatic heterocycles. The van der Waals surface area contributed by atoms with Crippen molar-refractivity contribution in [1.29, 1.82) is 0 Å². The maximum absolute atomic E-state index is 10.1. The molecule has 0 aromatic rings. The number of allylic oxidation sites excluding steroid dienone is 1. The molecule has 0 saturated carbocycles. The fourth-order valence-corrected chi connectivity index (χ4v) is 0.558. The minimum absolute atomic E-state index is 0.406. The monoisotopic (exact) mass is 140 g/mol. The summed E-state index contributed by atoms with van der Waals surface area (Å²) in [7, 11) is 0. The van der Waals surface area contributed by atoms with E-state index in [-0.39, 0.29) is 0 Å². The maximum atomic E-state index is 10.1. The van der Waals surface area contributed by atoms with Gasteiger partial charge in [-0.25, -0.2) is 0 Å². The van der Waals surface area contributed by atoms with Crippen LogP contribution in [-0.2, 0) is 9.59 Å². The van der Waals surface area contributed by atoms with Crippen LogP contribution in [0.2, 0.25) is 0 Å². The van der Waals surface area contributed by atoms with Gasteiger partial charge in [-0.1, -0.05) is 6.08 Å². The summed E-state index contributed by atoms with van der Waals surface area (Å²) >= 11 is 0. The molecular weight excluding hydrogens is 130 g/mol. The first-order valence-corrected chi connectivity index (χ1v) is 2.95. The highest BCUT2D eigenvalue weighted by atomic mass is 16.1. The normalized spacial score (nSPS) is 15.3. The number of aldehydes is 1. The van der Waals surface area contributed by atoms with E-state index >= 15 is 0 Å².